The molecule has 0 aromatic carbocycles. The maximum absolute atomic E-state index is 12.0. The number of rotatable bonds is 3. The molecule has 1 aliphatic rings. The van der Waals surface area contributed by atoms with Crippen LogP contribution in [0, 0.1) is 0 Å². The Labute approximate surface area is 103 Å². The quantitative estimate of drug-likeness (QED) is 0.719. The van der Waals surface area contributed by atoms with Gasteiger partial charge in [-0.2, -0.15) is 5.10 Å². The second-order valence-corrected chi connectivity index (χ2v) is 4.26. The van der Waals surface area contributed by atoms with Gasteiger partial charge in [-0.25, -0.2) is 14.3 Å². The minimum absolute atomic E-state index is 0.0584. The predicted octanol–water partition coefficient (Wildman–Crippen LogP) is -0.657. The molecule has 8 heteroatoms. The number of likely N-dealkylation sites (tertiary alicyclic amines) is 1. The van der Waals surface area contributed by atoms with Gasteiger partial charge in [0.1, 0.15) is 19.2 Å². The largest absolute Gasteiger partial charge is 0.339 e. The van der Waals surface area contributed by atoms with Crippen molar-refractivity contribution in [3.63, 3.8) is 0 Å². The topological polar surface area (TPSA) is 81.7 Å². The molecule has 2 aromatic rings. The van der Waals surface area contributed by atoms with Crippen LogP contribution in [-0.2, 0) is 11.3 Å². The fourth-order valence-electron chi connectivity index (χ4n) is 2.15. The van der Waals surface area contributed by atoms with Gasteiger partial charge in [-0.3, -0.25) is 4.79 Å². The van der Waals surface area contributed by atoms with E-state index in [1.54, 1.807) is 12.5 Å². The first-order valence-electron chi connectivity index (χ1n) is 5.79. The molecule has 8 nitrogen and oxygen atoms in total. The fraction of sp³-hybridized carbons (Fsp3) is 0.500. The van der Waals surface area contributed by atoms with Crippen molar-refractivity contribution in [2.45, 2.75) is 19.0 Å². The normalized spacial score (nSPS) is 19.3. The van der Waals surface area contributed by atoms with Gasteiger partial charge in [0.15, 0.2) is 0 Å². The molecule has 94 valence electrons. The summed E-state index contributed by atoms with van der Waals surface area (Å²) < 4.78 is 3.34. The van der Waals surface area contributed by atoms with Crippen molar-refractivity contribution >= 4 is 5.91 Å². The number of carbonyl (C=O) groups is 1. The van der Waals surface area contributed by atoms with Gasteiger partial charge in [-0.1, -0.05) is 5.21 Å². The highest BCUT2D eigenvalue weighted by molar-refractivity contribution is 5.76. The van der Waals surface area contributed by atoms with Crippen molar-refractivity contribution in [3.8, 4) is 0 Å². The highest BCUT2D eigenvalue weighted by Gasteiger charge is 2.27. The van der Waals surface area contributed by atoms with Crippen LogP contribution in [0.4, 0.5) is 0 Å². The van der Waals surface area contributed by atoms with Crippen LogP contribution in [0.1, 0.15) is 12.5 Å². The van der Waals surface area contributed by atoms with E-state index >= 15 is 0 Å². The van der Waals surface area contributed by atoms with E-state index in [0.29, 0.717) is 6.54 Å². The van der Waals surface area contributed by atoms with Gasteiger partial charge < -0.3 is 4.90 Å². The highest BCUT2D eigenvalue weighted by atomic mass is 16.2. The Hall–Kier alpha value is -2.25. The van der Waals surface area contributed by atoms with Crippen molar-refractivity contribution < 1.29 is 4.79 Å². The Morgan fingerprint density at radius 1 is 1.44 bits per heavy atom. The van der Waals surface area contributed by atoms with E-state index in [0.717, 1.165) is 13.0 Å². The van der Waals surface area contributed by atoms with Crippen LogP contribution >= 0.6 is 0 Å². The van der Waals surface area contributed by atoms with Gasteiger partial charge in [0.05, 0.1) is 12.2 Å². The van der Waals surface area contributed by atoms with E-state index in [4.69, 9.17) is 0 Å². The molecule has 3 rings (SSSR count). The summed E-state index contributed by atoms with van der Waals surface area (Å²) in [5, 5.41) is 11.7. The summed E-state index contributed by atoms with van der Waals surface area (Å²) in [6.07, 6.45) is 7.36. The van der Waals surface area contributed by atoms with Crippen LogP contribution in [0.15, 0.2) is 25.0 Å². The summed E-state index contributed by atoms with van der Waals surface area (Å²) in [4.78, 5) is 17.7. The number of nitrogens with zero attached hydrogens (tertiary/aromatic N) is 7. The summed E-state index contributed by atoms with van der Waals surface area (Å²) in [7, 11) is 0. The Bertz CT molecular complexity index is 506. The van der Waals surface area contributed by atoms with E-state index in [9.17, 15) is 4.79 Å². The SMILES string of the molecule is O=C(Cn1cncn1)N1CCC(n2ccnn2)C1. The third kappa shape index (κ3) is 2.08. The zero-order chi connectivity index (χ0) is 12.4. The molecule has 3 heterocycles. The maximum atomic E-state index is 12.0. The van der Waals surface area contributed by atoms with E-state index in [1.165, 1.54) is 11.0 Å². The number of carbonyl (C=O) groups excluding carboxylic acids is 1. The average molecular weight is 247 g/mol. The van der Waals surface area contributed by atoms with Gasteiger partial charge in [0, 0.05) is 19.3 Å². The standard InChI is InChI=1S/C10H13N7O/c18-10(6-16-8-11-7-13-16)15-3-1-9(5-15)17-4-2-12-14-17/h2,4,7-9H,1,3,5-6H2. The van der Waals surface area contributed by atoms with E-state index < -0.39 is 0 Å². The predicted molar refractivity (Wildman–Crippen MR) is 60.3 cm³/mol. The minimum Gasteiger partial charge on any atom is -0.339 e. The van der Waals surface area contributed by atoms with Crippen molar-refractivity contribution in [3.05, 3.63) is 25.0 Å². The van der Waals surface area contributed by atoms with Crippen LogP contribution in [0.5, 0.6) is 0 Å². The fourth-order valence-corrected chi connectivity index (χ4v) is 2.15. The molecular weight excluding hydrogens is 234 g/mol. The lowest BCUT2D eigenvalue weighted by atomic mass is 10.3. The van der Waals surface area contributed by atoms with Gasteiger partial charge in [-0.05, 0) is 6.42 Å². The Balaban J connectivity index is 1.60. The monoisotopic (exact) mass is 247 g/mol. The molecule has 0 N–H and O–H groups in total. The average Bonchev–Trinajstić information content (AvgIpc) is 3.11. The molecule has 18 heavy (non-hydrogen) atoms. The first-order valence-corrected chi connectivity index (χ1v) is 5.79. The van der Waals surface area contributed by atoms with Gasteiger partial charge >= 0.3 is 0 Å². The van der Waals surface area contributed by atoms with Crippen LogP contribution in [-0.4, -0.2) is 53.7 Å². The van der Waals surface area contributed by atoms with E-state index in [2.05, 4.69) is 20.4 Å². The van der Waals surface area contributed by atoms with Crippen LogP contribution in [0.3, 0.4) is 0 Å². The minimum atomic E-state index is 0.0584. The smallest absolute Gasteiger partial charge is 0.244 e. The maximum Gasteiger partial charge on any atom is 0.244 e. The second kappa shape index (κ2) is 4.55. The third-order valence-electron chi connectivity index (χ3n) is 3.10. The molecule has 0 bridgehead atoms. The molecule has 1 unspecified atom stereocenters. The molecule has 0 saturated carbocycles. The molecule has 2 aromatic heterocycles. The zero-order valence-corrected chi connectivity index (χ0v) is 9.75. The number of hydrogen-bond donors (Lipinski definition) is 0. The second-order valence-electron chi connectivity index (χ2n) is 4.26. The molecule has 1 amide bonds. The molecule has 0 aliphatic carbocycles. The Kier molecular flexibility index (Phi) is 2.75. The number of hydrogen-bond acceptors (Lipinski definition) is 5. The molecule has 0 spiro atoms. The molecule has 1 saturated heterocycles. The van der Waals surface area contributed by atoms with Crippen LogP contribution in [0.2, 0.25) is 0 Å². The molecular formula is C10H13N7O. The molecule has 1 aliphatic heterocycles. The molecule has 0 radical (unpaired) electrons. The summed E-state index contributed by atoms with van der Waals surface area (Å²) >= 11 is 0. The van der Waals surface area contributed by atoms with Crippen molar-refractivity contribution in [2.24, 2.45) is 0 Å². The van der Waals surface area contributed by atoms with E-state index in [-0.39, 0.29) is 18.5 Å². The third-order valence-corrected chi connectivity index (χ3v) is 3.10. The zero-order valence-electron chi connectivity index (χ0n) is 9.75. The molecule has 1 atom stereocenters. The highest BCUT2D eigenvalue weighted by Crippen LogP contribution is 2.20. The van der Waals surface area contributed by atoms with Crippen LogP contribution in [0.25, 0.3) is 0 Å². The number of amides is 1. The lowest BCUT2D eigenvalue weighted by molar-refractivity contribution is -0.131. The van der Waals surface area contributed by atoms with Crippen molar-refractivity contribution in [2.75, 3.05) is 13.1 Å². The van der Waals surface area contributed by atoms with Gasteiger partial charge in [0.25, 0.3) is 0 Å². The van der Waals surface area contributed by atoms with Crippen molar-refractivity contribution in [1.29, 1.82) is 0 Å². The summed E-state index contributed by atoms with van der Waals surface area (Å²) in [5.74, 6) is 0.0584. The number of aromatic nitrogens is 6. The van der Waals surface area contributed by atoms with E-state index in [1.807, 2.05) is 15.8 Å². The summed E-state index contributed by atoms with van der Waals surface area (Å²) in [6, 6.07) is 0.229. The first-order chi connectivity index (χ1) is 8.83. The lowest BCUT2D eigenvalue weighted by Crippen LogP contribution is -2.32. The molecule has 1 fully saturated rings. The Morgan fingerprint density at radius 3 is 3.11 bits per heavy atom. The van der Waals surface area contributed by atoms with Gasteiger partial charge in [0.2, 0.25) is 5.91 Å². The Morgan fingerprint density at radius 2 is 2.39 bits per heavy atom. The lowest BCUT2D eigenvalue weighted by Gasteiger charge is -2.16. The van der Waals surface area contributed by atoms with Crippen LogP contribution < -0.4 is 0 Å². The van der Waals surface area contributed by atoms with Crippen molar-refractivity contribution in [1.82, 2.24) is 34.7 Å². The summed E-state index contributed by atoms with van der Waals surface area (Å²) in [6.45, 7) is 1.67. The first kappa shape index (κ1) is 10.9. The van der Waals surface area contributed by atoms with Gasteiger partial charge in [-0.15, -0.1) is 5.10 Å². The summed E-state index contributed by atoms with van der Waals surface area (Å²) in [5.41, 5.74) is 0.